The van der Waals surface area contributed by atoms with E-state index in [0.29, 0.717) is 0 Å². The number of fused-ring (bicyclic) bond motifs is 1. The van der Waals surface area contributed by atoms with Crippen molar-refractivity contribution in [2.24, 2.45) is 23.7 Å². The lowest BCUT2D eigenvalue weighted by Gasteiger charge is -2.25. The van der Waals surface area contributed by atoms with Crippen molar-refractivity contribution in [1.82, 2.24) is 0 Å². The van der Waals surface area contributed by atoms with Gasteiger partial charge < -0.3 is 9.84 Å². The summed E-state index contributed by atoms with van der Waals surface area (Å²) in [6.07, 6.45) is 3.12. The summed E-state index contributed by atoms with van der Waals surface area (Å²) in [5.41, 5.74) is 0. The molecule has 1 heterocycles. The third-order valence-electron chi connectivity index (χ3n) is 2.99. The number of hydrogen-bond donors (Lipinski definition) is 1. The zero-order valence-electron chi connectivity index (χ0n) is 8.04. The number of esters is 2. The third kappa shape index (κ3) is 1.35. The van der Waals surface area contributed by atoms with Crippen molar-refractivity contribution >= 4 is 17.9 Å². The molecule has 0 aromatic heterocycles. The van der Waals surface area contributed by atoms with Gasteiger partial charge in [-0.15, -0.1) is 0 Å². The Kier molecular flexibility index (Phi) is 2.10. The van der Waals surface area contributed by atoms with E-state index in [1.165, 1.54) is 6.08 Å². The summed E-state index contributed by atoms with van der Waals surface area (Å²) in [7, 11) is 0. The second-order valence-electron chi connectivity index (χ2n) is 3.90. The van der Waals surface area contributed by atoms with Gasteiger partial charge in [0.05, 0.1) is 17.8 Å². The Morgan fingerprint density at radius 2 is 1.87 bits per heavy atom. The van der Waals surface area contributed by atoms with Crippen LogP contribution in [0.4, 0.5) is 0 Å². The molecule has 15 heavy (non-hydrogen) atoms. The first-order chi connectivity index (χ1) is 7.02. The second-order valence-corrected chi connectivity index (χ2v) is 3.90. The van der Waals surface area contributed by atoms with Gasteiger partial charge in [0.1, 0.15) is 0 Å². The number of rotatable bonds is 1. The molecule has 0 aromatic carbocycles. The fourth-order valence-corrected chi connectivity index (χ4v) is 2.21. The van der Waals surface area contributed by atoms with Crippen LogP contribution in [0.15, 0.2) is 12.2 Å². The molecular formula is C10H10O5. The van der Waals surface area contributed by atoms with Crippen LogP contribution in [0.1, 0.15) is 6.92 Å². The standard InChI is InChI=1S/C10H10O5/c1-4-2-3-5(8(11)12)7-6(4)9(13)15-10(7)14/h2-7H,1H3,(H,11,12)/t4-,5+,6-,7-/m1/s1. The minimum Gasteiger partial charge on any atom is -0.481 e. The van der Waals surface area contributed by atoms with Crippen LogP contribution in [0.2, 0.25) is 0 Å². The summed E-state index contributed by atoms with van der Waals surface area (Å²) >= 11 is 0. The maximum Gasteiger partial charge on any atom is 0.318 e. The zero-order chi connectivity index (χ0) is 11.2. The third-order valence-corrected chi connectivity index (χ3v) is 2.99. The molecule has 1 aliphatic carbocycles. The number of carbonyl (C=O) groups excluding carboxylic acids is 2. The first kappa shape index (κ1) is 9.89. The molecular weight excluding hydrogens is 200 g/mol. The summed E-state index contributed by atoms with van der Waals surface area (Å²) in [6, 6.07) is 0. The molecule has 80 valence electrons. The summed E-state index contributed by atoms with van der Waals surface area (Å²) in [6.45, 7) is 1.77. The average molecular weight is 210 g/mol. The molecule has 0 spiro atoms. The summed E-state index contributed by atoms with van der Waals surface area (Å²) < 4.78 is 4.48. The van der Waals surface area contributed by atoms with E-state index in [1.807, 2.05) is 0 Å². The lowest BCUT2D eigenvalue weighted by Crippen LogP contribution is -2.36. The first-order valence-corrected chi connectivity index (χ1v) is 4.69. The molecule has 1 fully saturated rings. The van der Waals surface area contributed by atoms with Gasteiger partial charge in [-0.05, 0) is 5.92 Å². The Hall–Kier alpha value is -1.65. The Morgan fingerprint density at radius 1 is 1.27 bits per heavy atom. The molecule has 0 bridgehead atoms. The molecule has 0 amide bonds. The smallest absolute Gasteiger partial charge is 0.318 e. The van der Waals surface area contributed by atoms with Gasteiger partial charge in [0, 0.05) is 0 Å². The molecule has 2 rings (SSSR count). The number of carboxylic acids is 1. The molecule has 1 saturated heterocycles. The fourth-order valence-electron chi connectivity index (χ4n) is 2.21. The van der Waals surface area contributed by atoms with Gasteiger partial charge in [0.25, 0.3) is 0 Å². The highest BCUT2D eigenvalue weighted by atomic mass is 16.6. The van der Waals surface area contributed by atoms with Gasteiger partial charge in [0.15, 0.2) is 0 Å². The van der Waals surface area contributed by atoms with Crippen LogP contribution < -0.4 is 0 Å². The predicted molar refractivity (Wildman–Crippen MR) is 47.5 cm³/mol. The molecule has 2 aliphatic rings. The molecule has 5 heteroatoms. The van der Waals surface area contributed by atoms with E-state index in [1.54, 1.807) is 13.0 Å². The number of ether oxygens (including phenoxy) is 1. The van der Waals surface area contributed by atoms with E-state index in [2.05, 4.69) is 4.74 Å². The molecule has 5 nitrogen and oxygen atoms in total. The van der Waals surface area contributed by atoms with Crippen LogP contribution in [0, 0.1) is 23.7 Å². The minimum atomic E-state index is -1.10. The normalized spacial score (nSPS) is 38.7. The van der Waals surface area contributed by atoms with Gasteiger partial charge in [-0.2, -0.15) is 0 Å². The van der Waals surface area contributed by atoms with Crippen molar-refractivity contribution in [3.63, 3.8) is 0 Å². The monoisotopic (exact) mass is 210 g/mol. The number of cyclic esters (lactones) is 2. The van der Waals surface area contributed by atoms with E-state index in [9.17, 15) is 14.4 Å². The Balaban J connectivity index is 2.41. The second kappa shape index (κ2) is 3.18. The molecule has 1 aliphatic heterocycles. The summed E-state index contributed by atoms with van der Waals surface area (Å²) in [4.78, 5) is 33.6. The van der Waals surface area contributed by atoms with E-state index in [4.69, 9.17) is 5.11 Å². The van der Waals surface area contributed by atoms with Crippen LogP contribution in [0.25, 0.3) is 0 Å². The number of carbonyl (C=O) groups is 3. The van der Waals surface area contributed by atoms with E-state index in [0.717, 1.165) is 0 Å². The number of allylic oxidation sites excluding steroid dienone is 1. The maximum absolute atomic E-state index is 11.3. The first-order valence-electron chi connectivity index (χ1n) is 4.69. The zero-order valence-corrected chi connectivity index (χ0v) is 8.04. The van der Waals surface area contributed by atoms with Crippen LogP contribution in [-0.2, 0) is 19.1 Å². The van der Waals surface area contributed by atoms with Crippen LogP contribution in [-0.4, -0.2) is 23.0 Å². The Morgan fingerprint density at radius 3 is 2.47 bits per heavy atom. The number of aliphatic carboxylic acids is 1. The Bertz CT molecular complexity index is 370. The van der Waals surface area contributed by atoms with Crippen molar-refractivity contribution in [1.29, 1.82) is 0 Å². The highest BCUT2D eigenvalue weighted by molar-refractivity contribution is 5.99. The largest absolute Gasteiger partial charge is 0.481 e. The lowest BCUT2D eigenvalue weighted by molar-refractivity contribution is -0.155. The molecule has 0 radical (unpaired) electrons. The summed E-state index contributed by atoms with van der Waals surface area (Å²) in [5.74, 6) is -4.99. The van der Waals surface area contributed by atoms with Crippen molar-refractivity contribution < 1.29 is 24.2 Å². The molecule has 0 unspecified atom stereocenters. The highest BCUT2D eigenvalue weighted by Crippen LogP contribution is 2.40. The quantitative estimate of drug-likeness (QED) is 0.380. The van der Waals surface area contributed by atoms with Gasteiger partial charge in [-0.25, -0.2) is 0 Å². The lowest BCUT2D eigenvalue weighted by atomic mass is 9.72. The van der Waals surface area contributed by atoms with Crippen molar-refractivity contribution in [3.05, 3.63) is 12.2 Å². The van der Waals surface area contributed by atoms with Gasteiger partial charge >= 0.3 is 17.9 Å². The fraction of sp³-hybridized carbons (Fsp3) is 0.500. The van der Waals surface area contributed by atoms with Crippen molar-refractivity contribution in [2.45, 2.75) is 6.92 Å². The SMILES string of the molecule is C[C@@H]1C=C[C@H](C(=O)O)[C@H]2C(=O)OC(=O)[C@@H]21. The van der Waals surface area contributed by atoms with Crippen LogP contribution in [0.5, 0.6) is 0 Å². The van der Waals surface area contributed by atoms with Crippen molar-refractivity contribution in [3.8, 4) is 0 Å². The molecule has 4 atom stereocenters. The number of hydrogen-bond acceptors (Lipinski definition) is 4. The van der Waals surface area contributed by atoms with Crippen molar-refractivity contribution in [2.75, 3.05) is 0 Å². The number of carboxylic acid groups (broad SMARTS) is 1. The van der Waals surface area contributed by atoms with Gasteiger partial charge in [-0.3, -0.25) is 14.4 Å². The average Bonchev–Trinajstić information content (AvgIpc) is 2.43. The topological polar surface area (TPSA) is 80.7 Å². The van der Waals surface area contributed by atoms with Crippen LogP contribution in [0.3, 0.4) is 0 Å². The Labute approximate surface area is 85.7 Å². The summed E-state index contributed by atoms with van der Waals surface area (Å²) in [5, 5.41) is 8.91. The molecule has 0 saturated carbocycles. The highest BCUT2D eigenvalue weighted by Gasteiger charge is 2.53. The van der Waals surface area contributed by atoms with E-state index in [-0.39, 0.29) is 5.92 Å². The predicted octanol–water partition coefficient (Wildman–Crippen LogP) is 0.209. The van der Waals surface area contributed by atoms with E-state index < -0.39 is 35.7 Å². The van der Waals surface area contributed by atoms with Gasteiger partial charge in [-0.1, -0.05) is 19.1 Å². The molecule has 1 N–H and O–H groups in total. The van der Waals surface area contributed by atoms with Gasteiger partial charge in [0.2, 0.25) is 0 Å². The minimum absolute atomic E-state index is 0.149. The molecule has 0 aromatic rings. The van der Waals surface area contributed by atoms with Crippen LogP contribution >= 0.6 is 0 Å². The maximum atomic E-state index is 11.3. The van der Waals surface area contributed by atoms with E-state index >= 15 is 0 Å².